The van der Waals surface area contributed by atoms with E-state index in [2.05, 4.69) is 4.98 Å². The molecule has 1 aromatic carbocycles. The Labute approximate surface area is 185 Å². The first-order valence-electron chi connectivity index (χ1n) is 10.5. The largest absolute Gasteiger partial charge is 0.481 e. The van der Waals surface area contributed by atoms with Crippen LogP contribution >= 0.6 is 0 Å². The lowest BCUT2D eigenvalue weighted by Gasteiger charge is -2.29. The fourth-order valence-corrected chi connectivity index (χ4v) is 4.01. The maximum atomic E-state index is 13.7. The zero-order valence-electron chi connectivity index (χ0n) is 18.2. The van der Waals surface area contributed by atoms with Crippen LogP contribution in [0.25, 0.3) is 11.0 Å². The van der Waals surface area contributed by atoms with Gasteiger partial charge >= 0.3 is 5.97 Å². The van der Waals surface area contributed by atoms with Crippen LogP contribution in [0.2, 0.25) is 0 Å². The number of carboxylic acids is 1. The van der Waals surface area contributed by atoms with Gasteiger partial charge in [-0.2, -0.15) is 0 Å². The molecule has 168 valence electrons. The molecule has 4 rings (SSSR count). The number of pyridine rings is 1. The lowest BCUT2D eigenvalue weighted by atomic mass is 9.95. The molecule has 0 atom stereocenters. The molecule has 2 aromatic heterocycles. The molecule has 0 bridgehead atoms. The van der Waals surface area contributed by atoms with Gasteiger partial charge in [0.25, 0.3) is 0 Å². The number of aliphatic carboxylic acids is 1. The molecule has 0 aliphatic carbocycles. The highest BCUT2D eigenvalue weighted by Gasteiger charge is 2.30. The maximum Gasteiger partial charge on any atom is 0.311 e. The number of halogens is 1. The van der Waals surface area contributed by atoms with Crippen molar-refractivity contribution in [2.24, 2.45) is 5.41 Å². The van der Waals surface area contributed by atoms with E-state index in [1.165, 1.54) is 12.1 Å². The van der Waals surface area contributed by atoms with Crippen LogP contribution in [-0.4, -0.2) is 51.2 Å². The summed E-state index contributed by atoms with van der Waals surface area (Å²) < 4.78 is 21.2. The third-order valence-electron chi connectivity index (χ3n) is 5.86. The SMILES string of the molecule is CC(C)(COCC(=O)N1CCc2c(n(Cc3cccc(F)c3)c3ncccc23)C1)C(=O)O. The molecule has 3 heterocycles. The smallest absolute Gasteiger partial charge is 0.311 e. The van der Waals surface area contributed by atoms with E-state index in [1.54, 1.807) is 31.0 Å². The minimum Gasteiger partial charge on any atom is -0.481 e. The van der Waals surface area contributed by atoms with Crippen molar-refractivity contribution in [2.45, 2.75) is 33.4 Å². The number of nitrogens with zero attached hydrogens (tertiary/aromatic N) is 3. The molecular weight excluding hydrogens is 413 g/mol. The van der Waals surface area contributed by atoms with E-state index in [9.17, 15) is 19.1 Å². The molecule has 1 aliphatic heterocycles. The number of carbonyl (C=O) groups is 2. The Morgan fingerprint density at radius 3 is 2.81 bits per heavy atom. The van der Waals surface area contributed by atoms with Crippen LogP contribution < -0.4 is 0 Å². The Balaban J connectivity index is 1.55. The molecule has 1 aliphatic rings. The monoisotopic (exact) mass is 439 g/mol. The lowest BCUT2D eigenvalue weighted by Crippen LogP contribution is -2.40. The van der Waals surface area contributed by atoms with Crippen molar-refractivity contribution in [3.05, 3.63) is 65.2 Å². The van der Waals surface area contributed by atoms with Gasteiger partial charge in [-0.25, -0.2) is 9.37 Å². The van der Waals surface area contributed by atoms with Gasteiger partial charge in [-0.15, -0.1) is 0 Å². The highest BCUT2D eigenvalue weighted by molar-refractivity contribution is 5.84. The molecule has 1 N–H and O–H groups in total. The summed E-state index contributed by atoms with van der Waals surface area (Å²) in [5.41, 5.74) is 2.71. The van der Waals surface area contributed by atoms with Crippen LogP contribution in [0.5, 0.6) is 0 Å². The number of carboxylic acid groups (broad SMARTS) is 1. The first-order chi connectivity index (χ1) is 15.3. The zero-order chi connectivity index (χ0) is 22.9. The van der Waals surface area contributed by atoms with E-state index in [1.807, 2.05) is 22.8 Å². The van der Waals surface area contributed by atoms with Gasteiger partial charge in [0.2, 0.25) is 5.91 Å². The van der Waals surface area contributed by atoms with Crippen molar-refractivity contribution in [2.75, 3.05) is 19.8 Å². The van der Waals surface area contributed by atoms with E-state index in [0.717, 1.165) is 27.9 Å². The van der Waals surface area contributed by atoms with Crippen LogP contribution in [0.3, 0.4) is 0 Å². The second-order valence-electron chi connectivity index (χ2n) is 8.76. The Kier molecular flexibility index (Phi) is 5.97. The molecular formula is C24H26FN3O4. The van der Waals surface area contributed by atoms with Gasteiger partial charge in [0.05, 0.1) is 18.6 Å². The van der Waals surface area contributed by atoms with Crippen molar-refractivity contribution in [1.29, 1.82) is 0 Å². The second-order valence-corrected chi connectivity index (χ2v) is 8.76. The van der Waals surface area contributed by atoms with Gasteiger partial charge in [-0.1, -0.05) is 12.1 Å². The van der Waals surface area contributed by atoms with E-state index < -0.39 is 11.4 Å². The molecule has 32 heavy (non-hydrogen) atoms. The number of hydrogen-bond donors (Lipinski definition) is 1. The first-order valence-corrected chi connectivity index (χ1v) is 10.5. The van der Waals surface area contributed by atoms with E-state index in [-0.39, 0.29) is 24.9 Å². The summed E-state index contributed by atoms with van der Waals surface area (Å²) >= 11 is 0. The van der Waals surface area contributed by atoms with Crippen LogP contribution in [0.4, 0.5) is 4.39 Å². The second kappa shape index (κ2) is 8.70. The summed E-state index contributed by atoms with van der Waals surface area (Å²) in [6, 6.07) is 10.4. The van der Waals surface area contributed by atoms with E-state index >= 15 is 0 Å². The van der Waals surface area contributed by atoms with Gasteiger partial charge in [0.1, 0.15) is 18.1 Å². The van der Waals surface area contributed by atoms with E-state index in [4.69, 9.17) is 4.74 Å². The molecule has 0 spiro atoms. The molecule has 1 amide bonds. The number of hydrogen-bond acceptors (Lipinski definition) is 4. The van der Waals surface area contributed by atoms with Crippen molar-refractivity contribution in [3.63, 3.8) is 0 Å². The molecule has 0 fully saturated rings. The lowest BCUT2D eigenvalue weighted by molar-refractivity contribution is -0.153. The topological polar surface area (TPSA) is 84.7 Å². The van der Waals surface area contributed by atoms with Gasteiger partial charge in [-0.05, 0) is 55.7 Å². The minimum atomic E-state index is -1.06. The van der Waals surface area contributed by atoms with Crippen molar-refractivity contribution in [1.82, 2.24) is 14.5 Å². The Morgan fingerprint density at radius 2 is 2.06 bits per heavy atom. The zero-order valence-corrected chi connectivity index (χ0v) is 18.2. The average Bonchev–Trinajstić information content (AvgIpc) is 3.06. The highest BCUT2D eigenvalue weighted by Crippen LogP contribution is 2.30. The van der Waals surface area contributed by atoms with Crippen LogP contribution in [-0.2, 0) is 33.8 Å². The average molecular weight is 439 g/mol. The third-order valence-corrected chi connectivity index (χ3v) is 5.86. The Morgan fingerprint density at radius 1 is 1.25 bits per heavy atom. The quantitative estimate of drug-likeness (QED) is 0.611. The highest BCUT2D eigenvalue weighted by atomic mass is 19.1. The molecule has 7 nitrogen and oxygen atoms in total. The molecule has 3 aromatic rings. The van der Waals surface area contributed by atoms with Gasteiger partial charge < -0.3 is 19.3 Å². The van der Waals surface area contributed by atoms with Gasteiger partial charge in [-0.3, -0.25) is 9.59 Å². The summed E-state index contributed by atoms with van der Waals surface area (Å²) in [5, 5.41) is 10.2. The Bertz CT molecular complexity index is 1170. The Hall–Kier alpha value is -3.26. The first kappa shape index (κ1) is 22.0. The van der Waals surface area contributed by atoms with Crippen molar-refractivity contribution in [3.8, 4) is 0 Å². The summed E-state index contributed by atoms with van der Waals surface area (Å²) in [6.45, 7) is 4.30. The standard InChI is InChI=1S/C24H26FN3O4/c1-24(2,23(30)31)15-32-14-21(29)27-10-8-18-19-7-4-9-26-22(19)28(20(18)13-27)12-16-5-3-6-17(25)11-16/h3-7,9,11H,8,10,12-15H2,1-2H3,(H,30,31). The molecule has 0 saturated heterocycles. The summed E-state index contributed by atoms with van der Waals surface area (Å²) in [5.74, 6) is -1.45. The predicted molar refractivity (Wildman–Crippen MR) is 117 cm³/mol. The fourth-order valence-electron chi connectivity index (χ4n) is 4.01. The number of ether oxygens (including phenoxy) is 1. The number of carbonyl (C=O) groups excluding carboxylic acids is 1. The summed E-state index contributed by atoms with van der Waals surface area (Å²) in [7, 11) is 0. The van der Waals surface area contributed by atoms with Gasteiger partial charge in [0.15, 0.2) is 0 Å². The van der Waals surface area contributed by atoms with Crippen LogP contribution in [0, 0.1) is 11.2 Å². The number of benzene rings is 1. The van der Waals surface area contributed by atoms with E-state index in [0.29, 0.717) is 26.1 Å². The molecule has 0 saturated carbocycles. The number of aromatic nitrogens is 2. The van der Waals surface area contributed by atoms with Crippen LogP contribution in [0.1, 0.15) is 30.7 Å². The normalized spacial score (nSPS) is 13.9. The fraction of sp³-hybridized carbons (Fsp3) is 0.375. The molecule has 0 radical (unpaired) electrons. The summed E-state index contributed by atoms with van der Waals surface area (Å²) in [4.78, 5) is 30.3. The number of fused-ring (bicyclic) bond motifs is 3. The predicted octanol–water partition coefficient (Wildman–Crippen LogP) is 3.24. The summed E-state index contributed by atoms with van der Waals surface area (Å²) in [6.07, 6.45) is 2.41. The third kappa shape index (κ3) is 4.36. The minimum absolute atomic E-state index is 0.0447. The molecule has 8 heteroatoms. The maximum absolute atomic E-state index is 13.7. The van der Waals surface area contributed by atoms with Crippen molar-refractivity contribution < 1.29 is 23.8 Å². The van der Waals surface area contributed by atoms with Crippen LogP contribution in [0.15, 0.2) is 42.6 Å². The molecule has 0 unspecified atom stereocenters. The van der Waals surface area contributed by atoms with Gasteiger partial charge in [0, 0.05) is 30.4 Å². The van der Waals surface area contributed by atoms with Crippen molar-refractivity contribution >= 4 is 22.9 Å². The number of amides is 1. The number of rotatable bonds is 7.